The summed E-state index contributed by atoms with van der Waals surface area (Å²) in [5.74, 6) is -0.529. The van der Waals surface area contributed by atoms with Crippen molar-refractivity contribution in [2.24, 2.45) is 7.05 Å². The average Bonchev–Trinajstić information content (AvgIpc) is 3.29. The van der Waals surface area contributed by atoms with Crippen LogP contribution in [0.25, 0.3) is 0 Å². The van der Waals surface area contributed by atoms with E-state index in [1.165, 1.54) is 16.1 Å². The molecule has 9 nitrogen and oxygen atoms in total. The fourth-order valence-electron chi connectivity index (χ4n) is 4.81. The van der Waals surface area contributed by atoms with E-state index in [1.54, 1.807) is 22.9 Å². The molecule has 0 spiro atoms. The molecule has 0 bridgehead atoms. The van der Waals surface area contributed by atoms with Crippen LogP contribution in [0.2, 0.25) is 0 Å². The Kier molecular flexibility index (Phi) is 6.32. The number of nitrogens with zero attached hydrogens (tertiary/aromatic N) is 4. The number of fused-ring (bicyclic) bond motifs is 1. The van der Waals surface area contributed by atoms with Gasteiger partial charge in [-0.15, -0.1) is 0 Å². The summed E-state index contributed by atoms with van der Waals surface area (Å²) >= 11 is 0. The van der Waals surface area contributed by atoms with Gasteiger partial charge in [-0.2, -0.15) is 9.40 Å². The fraction of sp³-hybridized carbons (Fsp3) is 0.522. The Labute approximate surface area is 194 Å². The Morgan fingerprint density at radius 1 is 1.15 bits per heavy atom. The van der Waals surface area contributed by atoms with Crippen LogP contribution in [0.1, 0.15) is 48.7 Å². The van der Waals surface area contributed by atoms with Crippen molar-refractivity contribution in [1.82, 2.24) is 19.4 Å². The average molecular weight is 474 g/mol. The van der Waals surface area contributed by atoms with Crippen LogP contribution in [-0.4, -0.2) is 53.4 Å². The molecule has 2 aromatic rings. The second kappa shape index (κ2) is 8.90. The molecule has 2 aliphatic rings. The highest BCUT2D eigenvalue weighted by molar-refractivity contribution is 7.89. The number of piperidine rings is 1. The molecule has 0 aliphatic carbocycles. The molecule has 0 radical (unpaired) electrons. The van der Waals surface area contributed by atoms with Gasteiger partial charge in [-0.25, -0.2) is 8.42 Å². The number of nitrogens with one attached hydrogen (secondary N) is 1. The van der Waals surface area contributed by atoms with Gasteiger partial charge in [-0.05, 0) is 50.5 Å². The van der Waals surface area contributed by atoms with Crippen LogP contribution in [0.5, 0.6) is 0 Å². The molecule has 1 saturated heterocycles. The summed E-state index contributed by atoms with van der Waals surface area (Å²) in [6.07, 6.45) is 3.04. The molecule has 3 heterocycles. The maximum Gasteiger partial charge on any atom is 0.243 e. The van der Waals surface area contributed by atoms with Crippen LogP contribution in [0, 0.1) is 13.8 Å². The molecule has 0 unspecified atom stereocenters. The van der Waals surface area contributed by atoms with Crippen LogP contribution in [0.4, 0.5) is 5.69 Å². The van der Waals surface area contributed by atoms with Gasteiger partial charge in [-0.3, -0.25) is 19.2 Å². The molecule has 1 atom stereocenters. The van der Waals surface area contributed by atoms with Crippen LogP contribution in [-0.2, 0) is 39.6 Å². The standard InChI is InChI=1S/C23H31N5O4S/c1-15-20(16(2)26(4)25-15)14-24-23(30)22-13-18-12-19(8-9-21(18)28(22)17(3)29)33(31,32)27-10-6-5-7-11-27/h8-9,12,22H,5-7,10-11,13-14H2,1-4H3,(H,24,30)/t22-/m0/s1. The summed E-state index contributed by atoms with van der Waals surface area (Å²) < 4.78 is 29.5. The normalized spacial score (nSPS) is 18.9. The van der Waals surface area contributed by atoms with Crippen LogP contribution >= 0.6 is 0 Å². The van der Waals surface area contributed by atoms with E-state index in [4.69, 9.17) is 0 Å². The number of hydrogen-bond donors (Lipinski definition) is 1. The Hall–Kier alpha value is -2.72. The number of anilines is 1. The third-order valence-electron chi connectivity index (χ3n) is 6.73. The number of aromatic nitrogens is 2. The molecule has 2 amide bonds. The van der Waals surface area contributed by atoms with Crippen molar-refractivity contribution >= 4 is 27.5 Å². The first-order valence-corrected chi connectivity index (χ1v) is 12.7. The minimum atomic E-state index is -3.59. The van der Waals surface area contributed by atoms with Crippen LogP contribution < -0.4 is 10.2 Å². The Morgan fingerprint density at radius 3 is 2.45 bits per heavy atom. The predicted octanol–water partition coefficient (Wildman–Crippen LogP) is 1.81. The predicted molar refractivity (Wildman–Crippen MR) is 124 cm³/mol. The number of aryl methyl sites for hydroxylation is 2. The quantitative estimate of drug-likeness (QED) is 0.713. The number of amides is 2. The van der Waals surface area contributed by atoms with Crippen molar-refractivity contribution in [3.63, 3.8) is 0 Å². The number of sulfonamides is 1. The van der Waals surface area contributed by atoms with Crippen molar-refractivity contribution in [2.75, 3.05) is 18.0 Å². The first-order chi connectivity index (χ1) is 15.6. The van der Waals surface area contributed by atoms with E-state index in [9.17, 15) is 18.0 Å². The highest BCUT2D eigenvalue weighted by Crippen LogP contribution is 2.35. The maximum atomic E-state index is 13.1. The van der Waals surface area contributed by atoms with Gasteiger partial charge in [-0.1, -0.05) is 6.42 Å². The van der Waals surface area contributed by atoms with Crippen molar-refractivity contribution in [3.05, 3.63) is 40.7 Å². The van der Waals surface area contributed by atoms with E-state index in [1.807, 2.05) is 20.9 Å². The number of hydrogen-bond acceptors (Lipinski definition) is 5. The highest BCUT2D eigenvalue weighted by atomic mass is 32.2. The highest BCUT2D eigenvalue weighted by Gasteiger charge is 2.38. The van der Waals surface area contributed by atoms with E-state index < -0.39 is 16.1 Å². The zero-order chi connectivity index (χ0) is 23.9. The summed E-state index contributed by atoms with van der Waals surface area (Å²) in [6.45, 7) is 6.63. The van der Waals surface area contributed by atoms with E-state index in [0.717, 1.165) is 36.2 Å². The lowest BCUT2D eigenvalue weighted by Gasteiger charge is -2.26. The fourth-order valence-corrected chi connectivity index (χ4v) is 6.38. The summed E-state index contributed by atoms with van der Waals surface area (Å²) in [5.41, 5.74) is 4.05. The molecule has 33 heavy (non-hydrogen) atoms. The molecular weight excluding hydrogens is 442 g/mol. The first-order valence-electron chi connectivity index (χ1n) is 11.3. The SMILES string of the molecule is CC(=O)N1c2ccc(S(=O)(=O)N3CCCCC3)cc2C[C@H]1C(=O)NCc1c(C)nn(C)c1C. The van der Waals surface area contributed by atoms with Gasteiger partial charge in [0.05, 0.1) is 10.6 Å². The van der Waals surface area contributed by atoms with Crippen molar-refractivity contribution < 1.29 is 18.0 Å². The van der Waals surface area contributed by atoms with Gasteiger partial charge in [0.25, 0.3) is 0 Å². The van der Waals surface area contributed by atoms with Gasteiger partial charge in [0, 0.05) is 57.0 Å². The van der Waals surface area contributed by atoms with E-state index in [-0.39, 0.29) is 23.1 Å². The van der Waals surface area contributed by atoms with E-state index >= 15 is 0 Å². The molecular formula is C23H31N5O4S. The summed E-state index contributed by atoms with van der Waals surface area (Å²) in [7, 11) is -1.74. The lowest BCUT2D eigenvalue weighted by atomic mass is 10.1. The molecule has 178 valence electrons. The number of benzene rings is 1. The molecule has 1 N–H and O–H groups in total. The number of rotatable bonds is 5. The number of carbonyl (C=O) groups is 2. The molecule has 1 fully saturated rings. The lowest BCUT2D eigenvalue weighted by molar-refractivity contribution is -0.125. The first kappa shape index (κ1) is 23.4. The van der Waals surface area contributed by atoms with Crippen molar-refractivity contribution in [2.45, 2.75) is 63.9 Å². The van der Waals surface area contributed by atoms with Gasteiger partial charge < -0.3 is 5.32 Å². The third kappa shape index (κ3) is 4.29. The molecule has 2 aliphatic heterocycles. The monoisotopic (exact) mass is 473 g/mol. The molecule has 4 rings (SSSR count). The minimum Gasteiger partial charge on any atom is -0.350 e. The largest absolute Gasteiger partial charge is 0.350 e. The lowest BCUT2D eigenvalue weighted by Crippen LogP contribution is -2.47. The Bertz CT molecular complexity index is 1200. The van der Waals surface area contributed by atoms with Crippen molar-refractivity contribution in [3.8, 4) is 0 Å². The molecule has 1 aromatic carbocycles. The zero-order valence-electron chi connectivity index (χ0n) is 19.6. The Morgan fingerprint density at radius 2 is 1.85 bits per heavy atom. The van der Waals surface area contributed by atoms with Gasteiger partial charge >= 0.3 is 0 Å². The van der Waals surface area contributed by atoms with E-state index in [0.29, 0.717) is 30.9 Å². The van der Waals surface area contributed by atoms with Gasteiger partial charge in [0.1, 0.15) is 6.04 Å². The van der Waals surface area contributed by atoms with Crippen LogP contribution in [0.15, 0.2) is 23.1 Å². The van der Waals surface area contributed by atoms with Gasteiger partial charge in [0.2, 0.25) is 21.8 Å². The summed E-state index contributed by atoms with van der Waals surface area (Å²) in [6, 6.07) is 4.10. The van der Waals surface area contributed by atoms with Gasteiger partial charge in [0.15, 0.2) is 0 Å². The zero-order valence-corrected chi connectivity index (χ0v) is 20.4. The second-order valence-corrected chi connectivity index (χ2v) is 10.8. The molecule has 1 aromatic heterocycles. The third-order valence-corrected chi connectivity index (χ3v) is 8.62. The topological polar surface area (TPSA) is 105 Å². The Balaban J connectivity index is 1.56. The maximum absolute atomic E-state index is 13.1. The second-order valence-electron chi connectivity index (χ2n) is 8.85. The van der Waals surface area contributed by atoms with Crippen LogP contribution in [0.3, 0.4) is 0 Å². The number of carbonyl (C=O) groups excluding carboxylic acids is 2. The summed E-state index contributed by atoms with van der Waals surface area (Å²) in [5, 5.41) is 7.31. The van der Waals surface area contributed by atoms with E-state index in [2.05, 4.69) is 10.4 Å². The smallest absolute Gasteiger partial charge is 0.243 e. The summed E-state index contributed by atoms with van der Waals surface area (Å²) in [4.78, 5) is 27.2. The minimum absolute atomic E-state index is 0.217. The van der Waals surface area contributed by atoms with Crippen molar-refractivity contribution in [1.29, 1.82) is 0 Å². The molecule has 0 saturated carbocycles. The molecule has 10 heteroatoms.